The van der Waals surface area contributed by atoms with Crippen LogP contribution in [0.25, 0.3) is 10.9 Å². The number of aromatic amines is 1. The van der Waals surface area contributed by atoms with Crippen LogP contribution < -0.4 is 15.8 Å². The highest BCUT2D eigenvalue weighted by molar-refractivity contribution is 5.98. The van der Waals surface area contributed by atoms with Crippen molar-refractivity contribution in [1.82, 2.24) is 14.9 Å². The minimum atomic E-state index is 0.0933. The summed E-state index contributed by atoms with van der Waals surface area (Å²) in [6.07, 6.45) is 3.81. The molecule has 4 rings (SSSR count). The average molecular weight is 421 g/mol. The van der Waals surface area contributed by atoms with E-state index >= 15 is 0 Å². The van der Waals surface area contributed by atoms with Crippen LogP contribution in [0.4, 0.5) is 11.5 Å². The van der Waals surface area contributed by atoms with Gasteiger partial charge in [-0.3, -0.25) is 4.79 Å². The maximum atomic E-state index is 13.0. The zero-order valence-corrected chi connectivity index (χ0v) is 18.4. The molecular weight excluding hydrogens is 388 g/mol. The van der Waals surface area contributed by atoms with Crippen molar-refractivity contribution in [1.29, 1.82) is 0 Å². The van der Waals surface area contributed by atoms with Crippen molar-refractivity contribution >= 4 is 28.3 Å². The first-order chi connectivity index (χ1) is 15.1. The molecule has 0 atom stereocenters. The molecule has 1 fully saturated rings. The summed E-state index contributed by atoms with van der Waals surface area (Å²) in [6, 6.07) is 13.9. The highest BCUT2D eigenvalue weighted by Gasteiger charge is 2.26. The van der Waals surface area contributed by atoms with Crippen molar-refractivity contribution in [3.8, 4) is 0 Å². The van der Waals surface area contributed by atoms with E-state index in [4.69, 9.17) is 5.84 Å². The van der Waals surface area contributed by atoms with Gasteiger partial charge in [-0.2, -0.15) is 0 Å². The SMILES string of the molecule is CCN(N)c1cccnc1N(CC)CC1CCN(C(=O)c2cc3ccccc3[nH]2)CC1. The summed E-state index contributed by atoms with van der Waals surface area (Å²) >= 11 is 0. The Hall–Kier alpha value is -3.06. The van der Waals surface area contributed by atoms with Gasteiger partial charge in [0.25, 0.3) is 5.91 Å². The molecule has 0 saturated carbocycles. The zero-order valence-electron chi connectivity index (χ0n) is 18.4. The molecule has 0 radical (unpaired) electrons. The number of aromatic nitrogens is 2. The fourth-order valence-electron chi connectivity index (χ4n) is 4.38. The lowest BCUT2D eigenvalue weighted by Gasteiger charge is -2.35. The van der Waals surface area contributed by atoms with Gasteiger partial charge in [-0.15, -0.1) is 0 Å². The third kappa shape index (κ3) is 4.51. The van der Waals surface area contributed by atoms with E-state index < -0.39 is 0 Å². The van der Waals surface area contributed by atoms with Gasteiger partial charge in [0.2, 0.25) is 0 Å². The summed E-state index contributed by atoms with van der Waals surface area (Å²) in [4.78, 5) is 25.2. The Kier molecular flexibility index (Phi) is 6.42. The summed E-state index contributed by atoms with van der Waals surface area (Å²) in [5.74, 6) is 7.73. The molecular formula is C24H32N6O. The minimum Gasteiger partial charge on any atom is -0.355 e. The standard InChI is InChI=1S/C24H32N6O/c1-3-28(23-22(30(25)4-2)10-7-13-26-23)17-18-11-14-29(15-12-18)24(31)21-16-19-8-5-6-9-20(19)27-21/h5-10,13,16,18,27H,3-4,11-12,14-15,17,25H2,1-2H3. The molecule has 0 spiro atoms. The fraction of sp³-hybridized carbons (Fsp3) is 0.417. The number of nitrogens with two attached hydrogens (primary N) is 1. The summed E-state index contributed by atoms with van der Waals surface area (Å²) < 4.78 is 0. The van der Waals surface area contributed by atoms with E-state index in [2.05, 4.69) is 21.8 Å². The van der Waals surface area contributed by atoms with Gasteiger partial charge in [0.15, 0.2) is 5.82 Å². The number of carbonyl (C=O) groups excluding carboxylic acids is 1. The summed E-state index contributed by atoms with van der Waals surface area (Å²) in [6.45, 7) is 8.27. The van der Waals surface area contributed by atoms with Crippen molar-refractivity contribution in [2.45, 2.75) is 26.7 Å². The molecule has 1 aliphatic rings. The summed E-state index contributed by atoms with van der Waals surface area (Å²) in [5, 5.41) is 2.82. The molecule has 3 N–H and O–H groups in total. The fourth-order valence-corrected chi connectivity index (χ4v) is 4.38. The highest BCUT2D eigenvalue weighted by atomic mass is 16.2. The van der Waals surface area contributed by atoms with Crippen molar-refractivity contribution in [3.63, 3.8) is 0 Å². The second-order valence-electron chi connectivity index (χ2n) is 8.18. The first-order valence-corrected chi connectivity index (χ1v) is 11.2. The summed E-state index contributed by atoms with van der Waals surface area (Å²) in [7, 11) is 0. The number of anilines is 2. The van der Waals surface area contributed by atoms with Gasteiger partial charge < -0.3 is 19.8 Å². The molecule has 7 heteroatoms. The number of benzene rings is 1. The number of fused-ring (bicyclic) bond motifs is 1. The average Bonchev–Trinajstić information content (AvgIpc) is 3.26. The van der Waals surface area contributed by atoms with Crippen molar-refractivity contribution < 1.29 is 4.79 Å². The number of piperidine rings is 1. The molecule has 2 aromatic heterocycles. The van der Waals surface area contributed by atoms with E-state index in [1.165, 1.54) is 0 Å². The lowest BCUT2D eigenvalue weighted by molar-refractivity contribution is 0.0688. The van der Waals surface area contributed by atoms with Crippen LogP contribution in [0.2, 0.25) is 0 Å². The molecule has 164 valence electrons. The van der Waals surface area contributed by atoms with Crippen LogP contribution in [0.1, 0.15) is 37.2 Å². The molecule has 7 nitrogen and oxygen atoms in total. The molecule has 3 heterocycles. The minimum absolute atomic E-state index is 0.0933. The number of nitrogens with one attached hydrogen (secondary N) is 1. The third-order valence-corrected chi connectivity index (χ3v) is 6.24. The maximum Gasteiger partial charge on any atom is 0.270 e. The molecule has 1 amide bonds. The number of hydrazine groups is 1. The number of hydrogen-bond donors (Lipinski definition) is 2. The topological polar surface area (TPSA) is 81.5 Å². The Bertz CT molecular complexity index is 991. The zero-order chi connectivity index (χ0) is 21.8. The Morgan fingerprint density at radius 1 is 1.16 bits per heavy atom. The Morgan fingerprint density at radius 2 is 1.94 bits per heavy atom. The second kappa shape index (κ2) is 9.39. The van der Waals surface area contributed by atoms with Crippen LogP contribution in [-0.4, -0.2) is 53.5 Å². The predicted molar refractivity (Wildman–Crippen MR) is 126 cm³/mol. The Balaban J connectivity index is 1.39. The van der Waals surface area contributed by atoms with E-state index in [1.807, 2.05) is 60.5 Å². The number of likely N-dealkylation sites (tertiary alicyclic amines) is 1. The van der Waals surface area contributed by atoms with Gasteiger partial charge in [0, 0.05) is 49.8 Å². The van der Waals surface area contributed by atoms with Crippen molar-refractivity contribution in [2.24, 2.45) is 11.8 Å². The van der Waals surface area contributed by atoms with Crippen molar-refractivity contribution in [3.05, 3.63) is 54.4 Å². The number of rotatable bonds is 7. The van der Waals surface area contributed by atoms with E-state index in [-0.39, 0.29) is 5.91 Å². The molecule has 0 aliphatic carbocycles. The smallest absolute Gasteiger partial charge is 0.270 e. The lowest BCUT2D eigenvalue weighted by atomic mass is 9.96. The first-order valence-electron chi connectivity index (χ1n) is 11.2. The van der Waals surface area contributed by atoms with E-state index in [0.29, 0.717) is 11.6 Å². The normalized spacial score (nSPS) is 14.7. The highest BCUT2D eigenvalue weighted by Crippen LogP contribution is 2.28. The monoisotopic (exact) mass is 420 g/mol. The van der Waals surface area contributed by atoms with Gasteiger partial charge in [0.05, 0.1) is 5.69 Å². The van der Waals surface area contributed by atoms with Crippen LogP contribution in [0, 0.1) is 5.92 Å². The number of pyridine rings is 1. The van der Waals surface area contributed by atoms with Crippen LogP contribution in [0.3, 0.4) is 0 Å². The number of nitrogens with zero attached hydrogens (tertiary/aromatic N) is 4. The molecule has 0 bridgehead atoms. The van der Waals surface area contributed by atoms with Gasteiger partial charge in [-0.05, 0) is 56.9 Å². The molecule has 1 aromatic carbocycles. The lowest BCUT2D eigenvalue weighted by Crippen LogP contribution is -2.42. The second-order valence-corrected chi connectivity index (χ2v) is 8.18. The van der Waals surface area contributed by atoms with Gasteiger partial charge in [0.1, 0.15) is 5.69 Å². The number of amides is 1. The summed E-state index contributed by atoms with van der Waals surface area (Å²) in [5.41, 5.74) is 2.64. The molecule has 1 aliphatic heterocycles. The molecule has 3 aromatic rings. The Labute approximate surface area is 183 Å². The number of H-pyrrole nitrogens is 1. The third-order valence-electron chi connectivity index (χ3n) is 6.24. The quantitative estimate of drug-likeness (QED) is 0.450. The number of hydrogen-bond acceptors (Lipinski definition) is 5. The van der Waals surface area contributed by atoms with Crippen LogP contribution in [0.5, 0.6) is 0 Å². The maximum absolute atomic E-state index is 13.0. The first kappa shape index (κ1) is 21.2. The Morgan fingerprint density at radius 3 is 2.65 bits per heavy atom. The molecule has 31 heavy (non-hydrogen) atoms. The van der Waals surface area contributed by atoms with E-state index in [1.54, 1.807) is 5.01 Å². The van der Waals surface area contributed by atoms with Crippen LogP contribution in [0.15, 0.2) is 48.7 Å². The number of carbonyl (C=O) groups is 1. The largest absolute Gasteiger partial charge is 0.355 e. The molecule has 1 saturated heterocycles. The van der Waals surface area contributed by atoms with E-state index in [9.17, 15) is 4.79 Å². The van der Waals surface area contributed by atoms with Crippen LogP contribution in [-0.2, 0) is 0 Å². The van der Waals surface area contributed by atoms with Gasteiger partial charge in [-0.25, -0.2) is 10.8 Å². The molecule has 0 unspecified atom stereocenters. The van der Waals surface area contributed by atoms with Crippen LogP contribution >= 0.6 is 0 Å². The van der Waals surface area contributed by atoms with Gasteiger partial charge >= 0.3 is 0 Å². The number of para-hydroxylation sites is 1. The van der Waals surface area contributed by atoms with E-state index in [0.717, 1.165) is 68.0 Å². The van der Waals surface area contributed by atoms with Crippen molar-refractivity contribution in [2.75, 3.05) is 42.6 Å². The van der Waals surface area contributed by atoms with Gasteiger partial charge in [-0.1, -0.05) is 18.2 Å². The predicted octanol–water partition coefficient (Wildman–Crippen LogP) is 3.64.